The van der Waals surface area contributed by atoms with Gasteiger partial charge in [-0.15, -0.1) is 0 Å². The fourth-order valence-electron chi connectivity index (χ4n) is 1.53. The van der Waals surface area contributed by atoms with Gasteiger partial charge in [-0.25, -0.2) is 4.79 Å². The number of aliphatic hydroxyl groups excluding tert-OH is 1. The van der Waals surface area contributed by atoms with Gasteiger partial charge in [-0.05, 0) is 17.7 Å². The smallest absolute Gasteiger partial charge is 0.339 e. The highest BCUT2D eigenvalue weighted by Crippen LogP contribution is 2.27. The molecule has 0 bridgehead atoms. The maximum Gasteiger partial charge on any atom is 0.339 e. The molecule has 16 heavy (non-hydrogen) atoms. The van der Waals surface area contributed by atoms with Gasteiger partial charge >= 0.3 is 5.97 Å². The van der Waals surface area contributed by atoms with Crippen molar-refractivity contribution in [2.75, 3.05) is 13.9 Å². The van der Waals surface area contributed by atoms with Gasteiger partial charge in [0.25, 0.3) is 0 Å². The van der Waals surface area contributed by atoms with Gasteiger partial charge in [-0.2, -0.15) is 0 Å². The summed E-state index contributed by atoms with van der Waals surface area (Å²) in [4.78, 5) is 11.1. The molecule has 1 aromatic carbocycles. The molecule has 1 heterocycles. The predicted octanol–water partition coefficient (Wildman–Crippen LogP) is 0.759. The highest BCUT2D eigenvalue weighted by molar-refractivity contribution is 5.76. The van der Waals surface area contributed by atoms with Gasteiger partial charge in [0.1, 0.15) is 5.75 Å². The first-order valence-electron chi connectivity index (χ1n) is 4.81. The van der Waals surface area contributed by atoms with Crippen LogP contribution >= 0.6 is 0 Å². The van der Waals surface area contributed by atoms with Crippen molar-refractivity contribution in [3.63, 3.8) is 0 Å². The minimum absolute atomic E-state index is 0.228. The fourth-order valence-corrected chi connectivity index (χ4v) is 1.53. The average Bonchev–Trinajstić information content (AvgIpc) is 2.36. The number of hydrogen-bond donors (Lipinski definition) is 1. The van der Waals surface area contributed by atoms with E-state index in [1.54, 1.807) is 18.2 Å². The second-order valence-corrected chi connectivity index (χ2v) is 3.40. The molecule has 0 spiro atoms. The number of carbonyl (C=O) groups is 1. The Morgan fingerprint density at radius 3 is 3.12 bits per heavy atom. The highest BCUT2D eigenvalue weighted by atomic mass is 16.7. The molecule has 5 heteroatoms. The van der Waals surface area contributed by atoms with E-state index in [9.17, 15) is 9.90 Å². The van der Waals surface area contributed by atoms with Gasteiger partial charge in [0.05, 0.1) is 13.7 Å². The Labute approximate surface area is 92.5 Å². The van der Waals surface area contributed by atoms with Gasteiger partial charge < -0.3 is 19.3 Å². The molecule has 86 valence electrons. The molecule has 1 aliphatic heterocycles. The Kier molecular flexibility index (Phi) is 3.07. The molecule has 0 radical (unpaired) electrons. The van der Waals surface area contributed by atoms with Crippen LogP contribution in [0.1, 0.15) is 17.2 Å². The van der Waals surface area contributed by atoms with Crippen molar-refractivity contribution < 1.29 is 24.1 Å². The summed E-state index contributed by atoms with van der Waals surface area (Å²) in [5.74, 6) is 0.0321. The lowest BCUT2D eigenvalue weighted by Gasteiger charge is -2.19. The summed E-state index contributed by atoms with van der Waals surface area (Å²) in [7, 11) is 1.23. The third-order valence-electron chi connectivity index (χ3n) is 2.38. The van der Waals surface area contributed by atoms with Crippen molar-refractivity contribution in [1.29, 1.82) is 0 Å². The van der Waals surface area contributed by atoms with Crippen LogP contribution in [-0.2, 0) is 20.9 Å². The minimum Gasteiger partial charge on any atom is -0.467 e. The first kappa shape index (κ1) is 10.9. The molecule has 1 atom stereocenters. The van der Waals surface area contributed by atoms with Crippen molar-refractivity contribution in [3.8, 4) is 5.75 Å². The number of carbonyl (C=O) groups excluding carboxylic acids is 1. The maximum absolute atomic E-state index is 11.1. The Balaban J connectivity index is 2.26. The van der Waals surface area contributed by atoms with Crippen molar-refractivity contribution in [2.24, 2.45) is 0 Å². The molecule has 0 saturated heterocycles. The molecule has 0 amide bonds. The third-order valence-corrected chi connectivity index (χ3v) is 2.38. The summed E-state index contributed by atoms with van der Waals surface area (Å²) in [6.07, 6.45) is -1.27. The normalized spacial score (nSPS) is 15.9. The van der Waals surface area contributed by atoms with E-state index in [-0.39, 0.29) is 6.79 Å². The molecule has 1 N–H and O–H groups in total. The average molecular weight is 224 g/mol. The largest absolute Gasteiger partial charge is 0.467 e. The molecule has 1 unspecified atom stereocenters. The number of benzene rings is 1. The molecule has 0 fully saturated rings. The van der Waals surface area contributed by atoms with Gasteiger partial charge in [0, 0.05) is 5.56 Å². The van der Waals surface area contributed by atoms with Crippen LogP contribution in [0.15, 0.2) is 18.2 Å². The SMILES string of the molecule is COC(=O)C(O)c1ccc2c(c1)COCO2. The zero-order valence-electron chi connectivity index (χ0n) is 8.80. The first-order chi connectivity index (χ1) is 7.72. The molecular weight excluding hydrogens is 212 g/mol. The van der Waals surface area contributed by atoms with E-state index in [1.165, 1.54) is 7.11 Å². The van der Waals surface area contributed by atoms with E-state index >= 15 is 0 Å². The lowest BCUT2D eigenvalue weighted by molar-refractivity contribution is -0.150. The van der Waals surface area contributed by atoms with Crippen LogP contribution in [0.4, 0.5) is 0 Å². The van der Waals surface area contributed by atoms with Crippen LogP contribution in [0, 0.1) is 0 Å². The van der Waals surface area contributed by atoms with E-state index in [0.29, 0.717) is 17.9 Å². The summed E-state index contributed by atoms with van der Waals surface area (Å²) in [6.45, 7) is 0.642. The maximum atomic E-state index is 11.1. The van der Waals surface area contributed by atoms with Crippen molar-refractivity contribution in [1.82, 2.24) is 0 Å². The molecule has 5 nitrogen and oxygen atoms in total. The number of fused-ring (bicyclic) bond motifs is 1. The number of methoxy groups -OCH3 is 1. The van der Waals surface area contributed by atoms with Gasteiger partial charge in [-0.3, -0.25) is 0 Å². The molecule has 0 saturated carbocycles. The van der Waals surface area contributed by atoms with E-state index in [2.05, 4.69) is 4.74 Å². The topological polar surface area (TPSA) is 65.0 Å². The van der Waals surface area contributed by atoms with Crippen LogP contribution in [0.5, 0.6) is 5.75 Å². The zero-order chi connectivity index (χ0) is 11.5. The quantitative estimate of drug-likeness (QED) is 0.751. The fraction of sp³-hybridized carbons (Fsp3) is 0.364. The lowest BCUT2D eigenvalue weighted by Crippen LogP contribution is -2.15. The van der Waals surface area contributed by atoms with Gasteiger partial charge in [-0.1, -0.05) is 6.07 Å². The Morgan fingerprint density at radius 2 is 2.38 bits per heavy atom. The molecular formula is C11H12O5. The monoisotopic (exact) mass is 224 g/mol. The van der Waals surface area contributed by atoms with Crippen molar-refractivity contribution in [2.45, 2.75) is 12.7 Å². The standard InChI is InChI=1S/C11H12O5/c1-14-11(13)10(12)7-2-3-9-8(4-7)5-15-6-16-9/h2-4,10,12H,5-6H2,1H3. The Bertz CT molecular complexity index is 401. The predicted molar refractivity (Wildman–Crippen MR) is 53.7 cm³/mol. The summed E-state index contributed by atoms with van der Waals surface area (Å²) >= 11 is 0. The van der Waals surface area contributed by atoms with Crippen LogP contribution in [0.3, 0.4) is 0 Å². The number of hydrogen-bond acceptors (Lipinski definition) is 5. The molecule has 2 rings (SSSR count). The summed E-state index contributed by atoms with van der Waals surface area (Å²) in [6, 6.07) is 5.02. The zero-order valence-corrected chi connectivity index (χ0v) is 8.80. The highest BCUT2D eigenvalue weighted by Gasteiger charge is 2.20. The summed E-state index contributed by atoms with van der Waals surface area (Å²) in [5.41, 5.74) is 1.28. The van der Waals surface area contributed by atoms with Crippen LogP contribution in [0.25, 0.3) is 0 Å². The van der Waals surface area contributed by atoms with Gasteiger partial charge in [0.2, 0.25) is 0 Å². The number of esters is 1. The van der Waals surface area contributed by atoms with Gasteiger partial charge in [0.15, 0.2) is 12.9 Å². The van der Waals surface area contributed by atoms with E-state index in [0.717, 1.165) is 5.56 Å². The Hall–Kier alpha value is -1.59. The minimum atomic E-state index is -1.27. The molecule has 1 aromatic rings. The van der Waals surface area contributed by atoms with E-state index in [1.807, 2.05) is 0 Å². The van der Waals surface area contributed by atoms with Crippen molar-refractivity contribution >= 4 is 5.97 Å². The van der Waals surface area contributed by atoms with Crippen LogP contribution in [-0.4, -0.2) is 25.0 Å². The van der Waals surface area contributed by atoms with E-state index in [4.69, 9.17) is 9.47 Å². The molecule has 0 aliphatic carbocycles. The third kappa shape index (κ3) is 2.00. The molecule has 1 aliphatic rings. The van der Waals surface area contributed by atoms with Crippen LogP contribution in [0.2, 0.25) is 0 Å². The second-order valence-electron chi connectivity index (χ2n) is 3.40. The number of ether oxygens (including phenoxy) is 3. The first-order valence-corrected chi connectivity index (χ1v) is 4.81. The van der Waals surface area contributed by atoms with Crippen molar-refractivity contribution in [3.05, 3.63) is 29.3 Å². The molecule has 0 aromatic heterocycles. The number of rotatable bonds is 2. The van der Waals surface area contributed by atoms with Crippen LogP contribution < -0.4 is 4.74 Å². The number of aliphatic hydroxyl groups is 1. The lowest BCUT2D eigenvalue weighted by atomic mass is 10.1. The van der Waals surface area contributed by atoms with E-state index < -0.39 is 12.1 Å². The second kappa shape index (κ2) is 4.51. The summed E-state index contributed by atoms with van der Waals surface area (Å²) in [5, 5.41) is 9.63. The Morgan fingerprint density at radius 1 is 1.56 bits per heavy atom. The summed E-state index contributed by atoms with van der Waals surface area (Å²) < 4.78 is 14.8.